The van der Waals surface area contributed by atoms with Gasteiger partial charge < -0.3 is 10.0 Å². The van der Waals surface area contributed by atoms with Gasteiger partial charge in [-0.1, -0.05) is 18.2 Å². The smallest absolute Gasteiger partial charge is 0.326 e. The molecule has 126 valence electrons. The third kappa shape index (κ3) is 2.91. The Morgan fingerprint density at radius 1 is 1.25 bits per heavy atom. The van der Waals surface area contributed by atoms with Crippen LogP contribution in [-0.4, -0.2) is 44.3 Å². The Morgan fingerprint density at radius 2 is 1.96 bits per heavy atom. The van der Waals surface area contributed by atoms with Gasteiger partial charge in [-0.15, -0.1) is 0 Å². The Morgan fingerprint density at radius 3 is 2.62 bits per heavy atom. The molecule has 0 aliphatic carbocycles. The quantitative estimate of drug-likeness (QED) is 0.933. The van der Waals surface area contributed by atoms with E-state index in [1.807, 2.05) is 48.9 Å². The van der Waals surface area contributed by atoms with Crippen LogP contribution in [0.2, 0.25) is 0 Å². The van der Waals surface area contributed by atoms with Crippen LogP contribution in [-0.2, 0) is 16.0 Å². The Hall–Kier alpha value is -2.63. The second-order valence-corrected chi connectivity index (χ2v) is 6.16. The van der Waals surface area contributed by atoms with Crippen molar-refractivity contribution in [3.8, 4) is 5.69 Å². The number of hydrogen-bond acceptors (Lipinski definition) is 3. The highest BCUT2D eigenvalue weighted by Gasteiger charge is 2.34. The molecule has 1 saturated heterocycles. The fourth-order valence-electron chi connectivity index (χ4n) is 3.33. The lowest BCUT2D eigenvalue weighted by Gasteiger charge is -2.21. The zero-order valence-electron chi connectivity index (χ0n) is 13.9. The summed E-state index contributed by atoms with van der Waals surface area (Å²) in [5, 5.41) is 13.8. The first kappa shape index (κ1) is 16.2. The summed E-state index contributed by atoms with van der Waals surface area (Å²) < 4.78 is 1.83. The van der Waals surface area contributed by atoms with Crippen LogP contribution in [0.3, 0.4) is 0 Å². The van der Waals surface area contributed by atoms with Gasteiger partial charge in [0.25, 0.3) is 0 Å². The van der Waals surface area contributed by atoms with Gasteiger partial charge in [0.05, 0.1) is 17.8 Å². The van der Waals surface area contributed by atoms with E-state index in [4.69, 9.17) is 0 Å². The lowest BCUT2D eigenvalue weighted by atomic mass is 10.1. The van der Waals surface area contributed by atoms with Crippen molar-refractivity contribution in [2.45, 2.75) is 39.2 Å². The lowest BCUT2D eigenvalue weighted by Crippen LogP contribution is -2.41. The number of aryl methyl sites for hydroxylation is 1. The normalized spacial score (nSPS) is 17.2. The van der Waals surface area contributed by atoms with Gasteiger partial charge in [-0.2, -0.15) is 5.10 Å². The topological polar surface area (TPSA) is 75.4 Å². The third-order valence-corrected chi connectivity index (χ3v) is 4.63. The van der Waals surface area contributed by atoms with Gasteiger partial charge in [-0.3, -0.25) is 4.79 Å². The van der Waals surface area contributed by atoms with Crippen LogP contribution >= 0.6 is 0 Å². The van der Waals surface area contributed by atoms with Crippen LogP contribution in [0.25, 0.3) is 5.69 Å². The average Bonchev–Trinajstić information content (AvgIpc) is 3.16. The van der Waals surface area contributed by atoms with Gasteiger partial charge in [-0.25, -0.2) is 9.48 Å². The standard InChI is InChI=1S/C18H21N3O3/c1-12-15(11-17(22)20-10-6-9-16(20)18(23)24)13(2)21(19-12)14-7-4-3-5-8-14/h3-5,7-8,16H,6,9-11H2,1-2H3,(H,23,24). The van der Waals surface area contributed by atoms with Crippen LogP contribution in [0, 0.1) is 13.8 Å². The number of carbonyl (C=O) groups excluding carboxylic acids is 1. The van der Waals surface area contributed by atoms with E-state index in [9.17, 15) is 14.7 Å². The lowest BCUT2D eigenvalue weighted by molar-refractivity contribution is -0.148. The number of nitrogens with zero attached hydrogens (tertiary/aromatic N) is 3. The number of carboxylic acid groups (broad SMARTS) is 1. The molecule has 0 bridgehead atoms. The van der Waals surface area contributed by atoms with Gasteiger partial charge in [-0.05, 0) is 38.8 Å². The average molecular weight is 327 g/mol. The molecular formula is C18H21N3O3. The molecule has 0 saturated carbocycles. The van der Waals surface area contributed by atoms with E-state index in [0.29, 0.717) is 13.0 Å². The highest BCUT2D eigenvalue weighted by molar-refractivity contribution is 5.85. The summed E-state index contributed by atoms with van der Waals surface area (Å²) in [4.78, 5) is 25.4. The Labute approximate surface area is 140 Å². The van der Waals surface area contributed by atoms with E-state index in [1.54, 1.807) is 0 Å². The molecule has 24 heavy (non-hydrogen) atoms. The highest BCUT2D eigenvalue weighted by atomic mass is 16.4. The number of para-hydroxylation sites is 1. The molecule has 1 aliphatic heterocycles. The predicted octanol–water partition coefficient (Wildman–Crippen LogP) is 2.11. The molecule has 1 atom stereocenters. The van der Waals surface area contributed by atoms with Gasteiger partial charge in [0.2, 0.25) is 5.91 Å². The summed E-state index contributed by atoms with van der Waals surface area (Å²) in [6.07, 6.45) is 1.46. The minimum atomic E-state index is -0.922. The molecule has 1 unspecified atom stereocenters. The molecule has 1 amide bonds. The molecule has 1 N–H and O–H groups in total. The number of benzene rings is 1. The van der Waals surface area contributed by atoms with Crippen LogP contribution in [0.5, 0.6) is 0 Å². The van der Waals surface area contributed by atoms with Crippen molar-refractivity contribution in [2.75, 3.05) is 6.54 Å². The number of likely N-dealkylation sites (tertiary alicyclic amines) is 1. The maximum Gasteiger partial charge on any atom is 0.326 e. The molecule has 1 fully saturated rings. The first-order valence-corrected chi connectivity index (χ1v) is 8.12. The fraction of sp³-hybridized carbons (Fsp3) is 0.389. The number of aromatic nitrogens is 2. The molecule has 1 aromatic heterocycles. The van der Waals surface area contributed by atoms with Crippen molar-refractivity contribution in [3.63, 3.8) is 0 Å². The summed E-state index contributed by atoms with van der Waals surface area (Å²) in [5.41, 5.74) is 3.54. The van der Waals surface area contributed by atoms with E-state index in [2.05, 4.69) is 5.10 Å². The minimum Gasteiger partial charge on any atom is -0.480 e. The van der Waals surface area contributed by atoms with Crippen molar-refractivity contribution in [2.24, 2.45) is 0 Å². The zero-order valence-corrected chi connectivity index (χ0v) is 13.9. The first-order chi connectivity index (χ1) is 11.5. The van der Waals surface area contributed by atoms with Crippen LogP contribution in [0.1, 0.15) is 29.8 Å². The minimum absolute atomic E-state index is 0.140. The molecule has 2 heterocycles. The maximum absolute atomic E-state index is 12.6. The molecule has 2 aromatic rings. The Kier molecular flexibility index (Phi) is 4.38. The molecule has 0 spiro atoms. The SMILES string of the molecule is Cc1nn(-c2ccccc2)c(C)c1CC(=O)N1CCCC1C(=O)O. The largest absolute Gasteiger partial charge is 0.480 e. The van der Waals surface area contributed by atoms with E-state index >= 15 is 0 Å². The number of amides is 1. The second kappa shape index (κ2) is 6.47. The zero-order chi connectivity index (χ0) is 17.3. The van der Waals surface area contributed by atoms with Gasteiger partial charge in [0.15, 0.2) is 0 Å². The number of carbonyl (C=O) groups is 2. The summed E-state index contributed by atoms with van der Waals surface area (Å²) >= 11 is 0. The van der Waals surface area contributed by atoms with E-state index in [1.165, 1.54) is 4.90 Å². The van der Waals surface area contributed by atoms with Crippen molar-refractivity contribution in [1.29, 1.82) is 0 Å². The van der Waals surface area contributed by atoms with Crippen molar-refractivity contribution < 1.29 is 14.7 Å². The number of aliphatic carboxylic acids is 1. The van der Waals surface area contributed by atoms with E-state index < -0.39 is 12.0 Å². The van der Waals surface area contributed by atoms with Crippen LogP contribution < -0.4 is 0 Å². The van der Waals surface area contributed by atoms with E-state index in [0.717, 1.165) is 29.1 Å². The van der Waals surface area contributed by atoms with Crippen molar-refractivity contribution in [3.05, 3.63) is 47.3 Å². The summed E-state index contributed by atoms with van der Waals surface area (Å²) in [5.74, 6) is -1.06. The molecule has 6 heteroatoms. The van der Waals surface area contributed by atoms with Gasteiger partial charge in [0.1, 0.15) is 6.04 Å². The molecule has 0 radical (unpaired) electrons. The van der Waals surface area contributed by atoms with Crippen LogP contribution in [0.15, 0.2) is 30.3 Å². The molecule has 6 nitrogen and oxygen atoms in total. The second-order valence-electron chi connectivity index (χ2n) is 6.16. The van der Waals surface area contributed by atoms with Gasteiger partial charge in [0, 0.05) is 17.8 Å². The summed E-state index contributed by atoms with van der Waals surface area (Å²) in [6, 6.07) is 9.07. The fourth-order valence-corrected chi connectivity index (χ4v) is 3.33. The summed E-state index contributed by atoms with van der Waals surface area (Å²) in [7, 11) is 0. The molecule has 1 aromatic carbocycles. The highest BCUT2D eigenvalue weighted by Crippen LogP contribution is 2.22. The van der Waals surface area contributed by atoms with Crippen molar-refractivity contribution >= 4 is 11.9 Å². The number of hydrogen-bond donors (Lipinski definition) is 1. The maximum atomic E-state index is 12.6. The van der Waals surface area contributed by atoms with Crippen LogP contribution in [0.4, 0.5) is 0 Å². The number of carboxylic acids is 1. The van der Waals surface area contributed by atoms with Gasteiger partial charge >= 0.3 is 5.97 Å². The molecular weight excluding hydrogens is 306 g/mol. The summed E-state index contributed by atoms with van der Waals surface area (Å²) in [6.45, 7) is 4.34. The Balaban J connectivity index is 1.84. The molecule has 3 rings (SSSR count). The molecule has 1 aliphatic rings. The third-order valence-electron chi connectivity index (χ3n) is 4.63. The first-order valence-electron chi connectivity index (χ1n) is 8.12. The Bertz CT molecular complexity index is 767. The predicted molar refractivity (Wildman–Crippen MR) is 89.1 cm³/mol. The monoisotopic (exact) mass is 327 g/mol. The van der Waals surface area contributed by atoms with Crippen molar-refractivity contribution in [1.82, 2.24) is 14.7 Å². The number of rotatable bonds is 4. The van der Waals surface area contributed by atoms with E-state index in [-0.39, 0.29) is 12.3 Å².